The minimum atomic E-state index is -0.831. The van der Waals surface area contributed by atoms with Gasteiger partial charge in [-0.2, -0.15) is 0 Å². The fourth-order valence-corrected chi connectivity index (χ4v) is 2.06. The maximum absolute atomic E-state index is 11.9. The average molecular weight is 357 g/mol. The number of nitrogens with two attached hydrogens (primary N) is 1. The lowest BCUT2D eigenvalue weighted by Gasteiger charge is -2.20. The van der Waals surface area contributed by atoms with Crippen LogP contribution in [0.25, 0.3) is 0 Å². The van der Waals surface area contributed by atoms with E-state index in [2.05, 4.69) is 32.1 Å². The van der Waals surface area contributed by atoms with Gasteiger partial charge in [0.15, 0.2) is 0 Å². The molecule has 0 aliphatic heterocycles. The summed E-state index contributed by atoms with van der Waals surface area (Å²) in [5, 5.41) is 2.32. The number of rotatable bonds is 4. The minimum absolute atomic E-state index is 0.183. The molecule has 0 fully saturated rings. The monoisotopic (exact) mass is 356 g/mol. The van der Waals surface area contributed by atoms with Crippen molar-refractivity contribution in [3.8, 4) is 0 Å². The number of hydrazine groups is 1. The maximum atomic E-state index is 11.9. The molecule has 0 aliphatic rings. The van der Waals surface area contributed by atoms with Gasteiger partial charge in [-0.1, -0.05) is 26.0 Å². The summed E-state index contributed by atoms with van der Waals surface area (Å²) in [4.78, 5) is 34.7. The molecule has 7 nitrogen and oxygen atoms in total. The third-order valence-corrected chi connectivity index (χ3v) is 3.36. The van der Waals surface area contributed by atoms with Gasteiger partial charge in [-0.05, 0) is 34.0 Å². The first-order valence-electron chi connectivity index (χ1n) is 6.23. The largest absolute Gasteiger partial charge is 0.352 e. The standard InChI is InChI=1S/C13H17BrN4O3/c1-7(2)10(16-13(15)21)12(20)18-17-11(19)8-5-3-4-6-9(8)14/h3-7,10H,1-2H3,(H,17,19)(H,18,20)(H3,15,16,21)/t10-/m0/s1. The molecule has 0 saturated heterocycles. The van der Waals surface area contributed by atoms with Crippen LogP contribution < -0.4 is 21.9 Å². The highest BCUT2D eigenvalue weighted by Gasteiger charge is 2.23. The molecule has 0 bridgehead atoms. The average Bonchev–Trinajstić information content (AvgIpc) is 2.41. The molecule has 0 heterocycles. The second-order valence-electron chi connectivity index (χ2n) is 4.65. The molecule has 0 aliphatic carbocycles. The molecule has 1 aromatic rings. The van der Waals surface area contributed by atoms with Crippen molar-refractivity contribution < 1.29 is 14.4 Å². The normalized spacial score (nSPS) is 11.6. The Bertz CT molecular complexity index is 548. The van der Waals surface area contributed by atoms with Crippen molar-refractivity contribution in [2.24, 2.45) is 11.7 Å². The van der Waals surface area contributed by atoms with Crippen LogP contribution in [-0.2, 0) is 4.79 Å². The van der Waals surface area contributed by atoms with E-state index in [9.17, 15) is 14.4 Å². The van der Waals surface area contributed by atoms with Crippen LogP contribution in [0.5, 0.6) is 0 Å². The quantitative estimate of drug-likeness (QED) is 0.601. The van der Waals surface area contributed by atoms with Gasteiger partial charge < -0.3 is 11.1 Å². The third kappa shape index (κ3) is 5.07. The Hall–Kier alpha value is -2.09. The van der Waals surface area contributed by atoms with E-state index < -0.39 is 23.9 Å². The van der Waals surface area contributed by atoms with Gasteiger partial charge in [0.05, 0.1) is 5.56 Å². The number of benzene rings is 1. The molecule has 0 unspecified atom stereocenters. The molecular formula is C13H17BrN4O3. The predicted octanol–water partition coefficient (Wildman–Crippen LogP) is 0.903. The fourth-order valence-electron chi connectivity index (χ4n) is 1.60. The highest BCUT2D eigenvalue weighted by molar-refractivity contribution is 9.10. The summed E-state index contributed by atoms with van der Waals surface area (Å²) in [6, 6.07) is 5.15. The van der Waals surface area contributed by atoms with Crippen LogP contribution in [0.2, 0.25) is 0 Å². The van der Waals surface area contributed by atoms with Gasteiger partial charge >= 0.3 is 6.03 Å². The molecule has 4 amide bonds. The number of halogens is 1. The van der Waals surface area contributed by atoms with Crippen LogP contribution in [0.15, 0.2) is 28.7 Å². The summed E-state index contributed by atoms with van der Waals surface area (Å²) >= 11 is 3.24. The van der Waals surface area contributed by atoms with Gasteiger partial charge in [0.1, 0.15) is 6.04 Å². The van der Waals surface area contributed by atoms with Crippen molar-refractivity contribution in [3.05, 3.63) is 34.3 Å². The Kier molecular flexibility index (Phi) is 6.16. The van der Waals surface area contributed by atoms with Gasteiger partial charge in [-0.25, -0.2) is 4.79 Å². The van der Waals surface area contributed by atoms with Crippen LogP contribution in [0.3, 0.4) is 0 Å². The van der Waals surface area contributed by atoms with Crippen LogP contribution in [0, 0.1) is 5.92 Å². The number of primary amides is 1. The van der Waals surface area contributed by atoms with Gasteiger partial charge in [-0.15, -0.1) is 0 Å². The molecule has 0 aromatic heterocycles. The van der Waals surface area contributed by atoms with Gasteiger partial charge in [0, 0.05) is 4.47 Å². The molecule has 1 aromatic carbocycles. The first kappa shape index (κ1) is 17.0. The molecule has 1 atom stereocenters. The minimum Gasteiger partial charge on any atom is -0.352 e. The first-order chi connectivity index (χ1) is 9.82. The summed E-state index contributed by atoms with van der Waals surface area (Å²) in [6.07, 6.45) is 0. The van der Waals surface area contributed by atoms with Gasteiger partial charge in [0.25, 0.3) is 11.8 Å². The number of hydrogen-bond acceptors (Lipinski definition) is 3. The van der Waals surface area contributed by atoms with Crippen LogP contribution in [-0.4, -0.2) is 23.9 Å². The van der Waals surface area contributed by atoms with Crippen LogP contribution >= 0.6 is 15.9 Å². The Morgan fingerprint density at radius 2 is 1.76 bits per heavy atom. The SMILES string of the molecule is CC(C)[C@H](NC(N)=O)C(=O)NNC(=O)c1ccccc1Br. The zero-order valence-electron chi connectivity index (χ0n) is 11.6. The fraction of sp³-hybridized carbons (Fsp3) is 0.308. The topological polar surface area (TPSA) is 113 Å². The van der Waals surface area contributed by atoms with Crippen molar-refractivity contribution in [3.63, 3.8) is 0 Å². The summed E-state index contributed by atoms with van der Waals surface area (Å²) < 4.78 is 0.604. The Morgan fingerprint density at radius 3 is 2.29 bits per heavy atom. The van der Waals surface area contributed by atoms with Crippen LogP contribution in [0.1, 0.15) is 24.2 Å². The van der Waals surface area contributed by atoms with E-state index in [1.165, 1.54) is 0 Å². The highest BCUT2D eigenvalue weighted by atomic mass is 79.9. The lowest BCUT2D eigenvalue weighted by molar-refractivity contribution is -0.124. The van der Waals surface area contributed by atoms with Crippen molar-refractivity contribution in [1.82, 2.24) is 16.2 Å². The molecular weight excluding hydrogens is 340 g/mol. The number of urea groups is 1. The maximum Gasteiger partial charge on any atom is 0.312 e. The number of carbonyl (C=O) groups excluding carboxylic acids is 3. The highest BCUT2D eigenvalue weighted by Crippen LogP contribution is 2.15. The molecule has 21 heavy (non-hydrogen) atoms. The lowest BCUT2D eigenvalue weighted by atomic mass is 10.0. The summed E-state index contributed by atoms with van der Waals surface area (Å²) in [7, 11) is 0. The predicted molar refractivity (Wildman–Crippen MR) is 81.1 cm³/mol. The van der Waals surface area contributed by atoms with E-state index >= 15 is 0 Å². The zero-order chi connectivity index (χ0) is 16.0. The van der Waals surface area contributed by atoms with Gasteiger partial charge in [-0.3, -0.25) is 20.4 Å². The molecule has 1 rings (SSSR count). The van der Waals surface area contributed by atoms with E-state index in [1.54, 1.807) is 38.1 Å². The van der Waals surface area contributed by atoms with Gasteiger partial charge in [0.2, 0.25) is 0 Å². The van der Waals surface area contributed by atoms with E-state index in [1.807, 2.05) is 0 Å². The Labute approximate surface area is 130 Å². The second-order valence-corrected chi connectivity index (χ2v) is 5.51. The summed E-state index contributed by atoms with van der Waals surface area (Å²) in [6.45, 7) is 3.49. The Balaban J connectivity index is 2.65. The van der Waals surface area contributed by atoms with E-state index in [0.717, 1.165) is 0 Å². The number of nitrogens with one attached hydrogen (secondary N) is 3. The molecule has 5 N–H and O–H groups in total. The van der Waals surface area contributed by atoms with Crippen molar-refractivity contribution in [2.45, 2.75) is 19.9 Å². The third-order valence-electron chi connectivity index (χ3n) is 2.66. The number of amides is 4. The summed E-state index contributed by atoms with van der Waals surface area (Å²) in [5.74, 6) is -1.21. The number of hydrogen-bond donors (Lipinski definition) is 4. The second kappa shape index (κ2) is 7.63. The van der Waals surface area contributed by atoms with Crippen molar-refractivity contribution >= 4 is 33.8 Å². The first-order valence-corrected chi connectivity index (χ1v) is 7.03. The molecule has 114 valence electrons. The van der Waals surface area contributed by atoms with E-state index in [4.69, 9.17) is 5.73 Å². The lowest BCUT2D eigenvalue weighted by Crippen LogP contribution is -2.55. The summed E-state index contributed by atoms with van der Waals surface area (Å²) in [5.41, 5.74) is 9.94. The van der Waals surface area contributed by atoms with Crippen LogP contribution in [0.4, 0.5) is 4.79 Å². The number of carbonyl (C=O) groups is 3. The molecule has 0 saturated carbocycles. The van der Waals surface area contributed by atoms with E-state index in [0.29, 0.717) is 10.0 Å². The molecule has 0 radical (unpaired) electrons. The smallest absolute Gasteiger partial charge is 0.312 e. The zero-order valence-corrected chi connectivity index (χ0v) is 13.2. The molecule has 0 spiro atoms. The Morgan fingerprint density at radius 1 is 1.14 bits per heavy atom. The van der Waals surface area contributed by atoms with Crippen molar-refractivity contribution in [2.75, 3.05) is 0 Å². The van der Waals surface area contributed by atoms with Crippen molar-refractivity contribution in [1.29, 1.82) is 0 Å². The molecule has 8 heteroatoms. The van der Waals surface area contributed by atoms with E-state index in [-0.39, 0.29) is 5.92 Å².